The van der Waals surface area contributed by atoms with E-state index in [1.165, 1.54) is 7.11 Å². The van der Waals surface area contributed by atoms with Gasteiger partial charge in [0.1, 0.15) is 17.8 Å². The van der Waals surface area contributed by atoms with Gasteiger partial charge in [-0.25, -0.2) is 0 Å². The molecule has 2 atom stereocenters. The van der Waals surface area contributed by atoms with Gasteiger partial charge in [-0.05, 0) is 19.1 Å². The van der Waals surface area contributed by atoms with Crippen LogP contribution in [0.2, 0.25) is 0 Å². The number of methoxy groups -OCH3 is 1. The minimum Gasteiger partial charge on any atom is -0.495 e. The van der Waals surface area contributed by atoms with E-state index in [1.54, 1.807) is 31.2 Å². The zero-order valence-electron chi connectivity index (χ0n) is 10.3. The molecule has 0 aromatic heterocycles. The summed E-state index contributed by atoms with van der Waals surface area (Å²) in [4.78, 5) is 23.4. The summed E-state index contributed by atoms with van der Waals surface area (Å²) in [6.45, 7) is 1.77. The van der Waals surface area contributed by atoms with Gasteiger partial charge in [-0.2, -0.15) is 0 Å². The summed E-state index contributed by atoms with van der Waals surface area (Å²) in [5, 5.41) is 2.69. The maximum Gasteiger partial charge on any atom is 0.318 e. The smallest absolute Gasteiger partial charge is 0.318 e. The molecule has 1 amide bonds. The van der Waals surface area contributed by atoms with E-state index in [-0.39, 0.29) is 12.0 Å². The van der Waals surface area contributed by atoms with Crippen molar-refractivity contribution < 1.29 is 19.1 Å². The molecule has 96 valence electrons. The fourth-order valence-electron chi connectivity index (χ4n) is 1.94. The minimum atomic E-state index is -0.732. The molecule has 1 aliphatic rings. The average Bonchev–Trinajstić information content (AvgIpc) is 2.69. The molecule has 1 saturated heterocycles. The molecule has 1 aliphatic heterocycles. The SMILES string of the molecule is COc1ccccc1NC(=O)[C@@H]1C[C@H](C)OC1=O. The maximum atomic E-state index is 12.0. The van der Waals surface area contributed by atoms with Crippen LogP contribution in [0.3, 0.4) is 0 Å². The number of carbonyl (C=O) groups excluding carboxylic acids is 2. The third-order valence-corrected chi connectivity index (χ3v) is 2.85. The molecular formula is C13H15NO4. The summed E-state index contributed by atoms with van der Waals surface area (Å²) < 4.78 is 10.1. The first-order chi connectivity index (χ1) is 8.61. The lowest BCUT2D eigenvalue weighted by Gasteiger charge is -2.11. The highest BCUT2D eigenvalue weighted by atomic mass is 16.5. The number of hydrogen-bond acceptors (Lipinski definition) is 4. The van der Waals surface area contributed by atoms with Gasteiger partial charge in [-0.15, -0.1) is 0 Å². The van der Waals surface area contributed by atoms with Crippen LogP contribution < -0.4 is 10.1 Å². The lowest BCUT2D eigenvalue weighted by molar-refractivity contribution is -0.145. The van der Waals surface area contributed by atoms with Crippen molar-refractivity contribution >= 4 is 17.6 Å². The van der Waals surface area contributed by atoms with Gasteiger partial charge in [-0.1, -0.05) is 12.1 Å². The summed E-state index contributed by atoms with van der Waals surface area (Å²) in [7, 11) is 1.52. The van der Waals surface area contributed by atoms with E-state index in [2.05, 4.69) is 5.32 Å². The predicted octanol–water partition coefficient (Wildman–Crippen LogP) is 1.59. The van der Waals surface area contributed by atoms with Crippen LogP contribution in [-0.4, -0.2) is 25.1 Å². The number of benzene rings is 1. The summed E-state index contributed by atoms with van der Waals surface area (Å²) in [5.41, 5.74) is 0.553. The summed E-state index contributed by atoms with van der Waals surface area (Å²) >= 11 is 0. The van der Waals surface area contributed by atoms with Crippen LogP contribution in [0.15, 0.2) is 24.3 Å². The molecule has 0 spiro atoms. The molecule has 0 bridgehead atoms. The van der Waals surface area contributed by atoms with Gasteiger partial charge in [0.15, 0.2) is 0 Å². The van der Waals surface area contributed by atoms with Gasteiger partial charge in [0, 0.05) is 6.42 Å². The molecule has 1 aromatic carbocycles. The number of nitrogens with one attached hydrogen (secondary N) is 1. The second-order valence-electron chi connectivity index (χ2n) is 4.23. The van der Waals surface area contributed by atoms with E-state index in [9.17, 15) is 9.59 Å². The van der Waals surface area contributed by atoms with E-state index >= 15 is 0 Å². The van der Waals surface area contributed by atoms with Crippen LogP contribution in [0.1, 0.15) is 13.3 Å². The van der Waals surface area contributed by atoms with Crippen molar-refractivity contribution in [3.8, 4) is 5.75 Å². The highest BCUT2D eigenvalue weighted by Crippen LogP contribution is 2.26. The van der Waals surface area contributed by atoms with Crippen molar-refractivity contribution in [3.63, 3.8) is 0 Å². The first-order valence-electron chi connectivity index (χ1n) is 5.76. The van der Waals surface area contributed by atoms with Crippen LogP contribution in [0, 0.1) is 5.92 Å². The number of ether oxygens (including phenoxy) is 2. The van der Waals surface area contributed by atoms with Crippen molar-refractivity contribution in [2.75, 3.05) is 12.4 Å². The Kier molecular flexibility index (Phi) is 3.50. The molecule has 1 aromatic rings. The van der Waals surface area contributed by atoms with Crippen LogP contribution in [0.4, 0.5) is 5.69 Å². The Morgan fingerprint density at radius 1 is 1.44 bits per heavy atom. The number of amides is 1. The third-order valence-electron chi connectivity index (χ3n) is 2.85. The summed E-state index contributed by atoms with van der Waals surface area (Å²) in [5.74, 6) is -0.987. The molecule has 0 unspecified atom stereocenters. The first-order valence-corrected chi connectivity index (χ1v) is 5.76. The Hall–Kier alpha value is -2.04. The Morgan fingerprint density at radius 3 is 2.78 bits per heavy atom. The van der Waals surface area contributed by atoms with Crippen LogP contribution in [0.25, 0.3) is 0 Å². The van der Waals surface area contributed by atoms with Crippen molar-refractivity contribution in [1.82, 2.24) is 0 Å². The minimum absolute atomic E-state index is 0.203. The zero-order valence-corrected chi connectivity index (χ0v) is 10.3. The normalized spacial score (nSPS) is 22.4. The quantitative estimate of drug-likeness (QED) is 0.652. The molecule has 0 saturated carbocycles. The number of anilines is 1. The molecular weight excluding hydrogens is 234 g/mol. The number of carbonyl (C=O) groups is 2. The lowest BCUT2D eigenvalue weighted by Crippen LogP contribution is -2.26. The molecule has 2 rings (SSSR count). The van der Waals surface area contributed by atoms with Crippen LogP contribution >= 0.6 is 0 Å². The number of cyclic esters (lactones) is 1. The van der Waals surface area contributed by atoms with Crippen LogP contribution in [0.5, 0.6) is 5.75 Å². The van der Waals surface area contributed by atoms with E-state index in [1.807, 2.05) is 0 Å². The van der Waals surface area contributed by atoms with Gasteiger partial charge >= 0.3 is 5.97 Å². The molecule has 0 radical (unpaired) electrons. The van der Waals surface area contributed by atoms with E-state index in [0.29, 0.717) is 17.9 Å². The Bertz CT molecular complexity index is 472. The molecule has 1 heterocycles. The Morgan fingerprint density at radius 2 is 2.17 bits per heavy atom. The second-order valence-corrected chi connectivity index (χ2v) is 4.23. The van der Waals surface area contributed by atoms with Crippen molar-refractivity contribution in [2.24, 2.45) is 5.92 Å². The van der Waals surface area contributed by atoms with E-state index in [4.69, 9.17) is 9.47 Å². The number of esters is 1. The number of hydrogen-bond donors (Lipinski definition) is 1. The van der Waals surface area contributed by atoms with Crippen molar-refractivity contribution in [3.05, 3.63) is 24.3 Å². The first kappa shape index (κ1) is 12.4. The monoisotopic (exact) mass is 249 g/mol. The fraction of sp³-hybridized carbons (Fsp3) is 0.385. The van der Waals surface area contributed by atoms with Gasteiger partial charge in [0.2, 0.25) is 5.91 Å². The fourth-order valence-corrected chi connectivity index (χ4v) is 1.94. The molecule has 18 heavy (non-hydrogen) atoms. The van der Waals surface area contributed by atoms with Gasteiger partial charge in [-0.3, -0.25) is 9.59 Å². The van der Waals surface area contributed by atoms with Gasteiger partial charge in [0.05, 0.1) is 12.8 Å². The summed E-state index contributed by atoms with van der Waals surface area (Å²) in [6.07, 6.45) is 0.214. The van der Waals surface area contributed by atoms with Crippen molar-refractivity contribution in [1.29, 1.82) is 0 Å². The van der Waals surface area contributed by atoms with Gasteiger partial charge < -0.3 is 14.8 Å². The van der Waals surface area contributed by atoms with Crippen LogP contribution in [-0.2, 0) is 14.3 Å². The lowest BCUT2D eigenvalue weighted by atomic mass is 10.0. The zero-order chi connectivity index (χ0) is 13.1. The second kappa shape index (κ2) is 5.08. The number of para-hydroxylation sites is 2. The molecule has 1 N–H and O–H groups in total. The van der Waals surface area contributed by atoms with E-state index < -0.39 is 11.9 Å². The van der Waals surface area contributed by atoms with Crippen molar-refractivity contribution in [2.45, 2.75) is 19.4 Å². The predicted molar refractivity (Wildman–Crippen MR) is 65.3 cm³/mol. The molecule has 5 heteroatoms. The maximum absolute atomic E-state index is 12.0. The highest BCUT2D eigenvalue weighted by molar-refractivity contribution is 6.06. The molecule has 5 nitrogen and oxygen atoms in total. The number of rotatable bonds is 3. The highest BCUT2D eigenvalue weighted by Gasteiger charge is 2.37. The standard InChI is InChI=1S/C13H15NO4/c1-8-7-9(13(16)18-8)12(15)14-10-5-3-4-6-11(10)17-2/h3-6,8-9H,7H2,1-2H3,(H,14,15)/t8-,9-/m0/s1. The average molecular weight is 249 g/mol. The molecule has 0 aliphatic carbocycles. The topological polar surface area (TPSA) is 64.6 Å². The third kappa shape index (κ3) is 2.45. The Balaban J connectivity index is 2.10. The molecule has 1 fully saturated rings. The van der Waals surface area contributed by atoms with Gasteiger partial charge in [0.25, 0.3) is 0 Å². The Labute approximate surface area is 105 Å². The summed E-state index contributed by atoms with van der Waals surface area (Å²) in [6, 6.07) is 7.06. The van der Waals surface area contributed by atoms with E-state index in [0.717, 1.165) is 0 Å². The largest absolute Gasteiger partial charge is 0.495 e.